The highest BCUT2D eigenvalue weighted by atomic mass is 16.5. The van der Waals surface area contributed by atoms with E-state index in [1.807, 2.05) is 31.2 Å². The van der Waals surface area contributed by atoms with Crippen LogP contribution in [-0.2, 0) is 17.6 Å². The number of aromatic nitrogens is 2. The lowest BCUT2D eigenvalue weighted by Crippen LogP contribution is -2.16. The average Bonchev–Trinajstić information content (AvgIpc) is 2.86. The lowest BCUT2D eigenvalue weighted by atomic mass is 10.1. The number of para-hydroxylation sites is 1. The first-order valence-corrected chi connectivity index (χ1v) is 6.18. The first-order chi connectivity index (χ1) is 9.24. The van der Waals surface area contributed by atoms with Gasteiger partial charge in [-0.3, -0.25) is 9.89 Å². The number of aryl methyl sites for hydroxylation is 1. The van der Waals surface area contributed by atoms with E-state index in [0.29, 0.717) is 5.82 Å². The standard InChI is InChI=1S/C14H17N3O2/c1-3-10-9-15-17-14(10)16-13(18)8-11-6-4-5-7-12(11)19-2/h4-7,9H,3,8H2,1-2H3,(H2,15,16,17,18). The zero-order valence-corrected chi connectivity index (χ0v) is 11.1. The second kappa shape index (κ2) is 6.04. The van der Waals surface area contributed by atoms with Crippen molar-refractivity contribution < 1.29 is 9.53 Å². The number of nitrogens with one attached hydrogen (secondary N) is 2. The lowest BCUT2D eigenvalue weighted by molar-refractivity contribution is -0.115. The van der Waals surface area contributed by atoms with Crippen LogP contribution in [0.5, 0.6) is 5.75 Å². The van der Waals surface area contributed by atoms with Gasteiger partial charge in [0.1, 0.15) is 11.6 Å². The first-order valence-electron chi connectivity index (χ1n) is 6.18. The molecule has 1 aromatic carbocycles. The zero-order valence-electron chi connectivity index (χ0n) is 11.1. The van der Waals surface area contributed by atoms with Gasteiger partial charge in [-0.15, -0.1) is 0 Å². The van der Waals surface area contributed by atoms with Gasteiger partial charge in [0.15, 0.2) is 0 Å². The Hall–Kier alpha value is -2.30. The Morgan fingerprint density at radius 3 is 2.89 bits per heavy atom. The molecule has 100 valence electrons. The molecule has 0 spiro atoms. The molecule has 1 aromatic heterocycles. The van der Waals surface area contributed by atoms with Crippen molar-refractivity contribution in [3.05, 3.63) is 41.6 Å². The molecule has 5 heteroatoms. The number of benzene rings is 1. The molecule has 0 atom stereocenters. The van der Waals surface area contributed by atoms with Gasteiger partial charge in [0, 0.05) is 11.1 Å². The Kier molecular flexibility index (Phi) is 4.18. The minimum atomic E-state index is -0.0940. The van der Waals surface area contributed by atoms with E-state index in [0.717, 1.165) is 23.3 Å². The molecule has 0 radical (unpaired) electrons. The van der Waals surface area contributed by atoms with Crippen molar-refractivity contribution in [3.8, 4) is 5.75 Å². The molecule has 2 N–H and O–H groups in total. The van der Waals surface area contributed by atoms with E-state index in [1.165, 1.54) is 0 Å². The number of anilines is 1. The fraction of sp³-hybridized carbons (Fsp3) is 0.286. The van der Waals surface area contributed by atoms with Gasteiger partial charge in [0.25, 0.3) is 0 Å². The number of nitrogens with zero attached hydrogens (tertiary/aromatic N) is 1. The number of H-pyrrole nitrogens is 1. The van der Waals surface area contributed by atoms with Crippen LogP contribution in [0.25, 0.3) is 0 Å². The number of carbonyl (C=O) groups excluding carboxylic acids is 1. The van der Waals surface area contributed by atoms with E-state index >= 15 is 0 Å². The van der Waals surface area contributed by atoms with Gasteiger partial charge >= 0.3 is 0 Å². The summed E-state index contributed by atoms with van der Waals surface area (Å²) in [5, 5.41) is 9.54. The molecule has 0 unspecified atom stereocenters. The van der Waals surface area contributed by atoms with Crippen molar-refractivity contribution in [1.82, 2.24) is 10.2 Å². The third-order valence-corrected chi connectivity index (χ3v) is 2.91. The van der Waals surface area contributed by atoms with Gasteiger partial charge in [-0.1, -0.05) is 25.1 Å². The molecule has 5 nitrogen and oxygen atoms in total. The normalized spacial score (nSPS) is 10.2. The molecule has 2 aromatic rings. The summed E-state index contributed by atoms with van der Waals surface area (Å²) in [5.41, 5.74) is 1.86. The maximum atomic E-state index is 12.0. The predicted molar refractivity (Wildman–Crippen MR) is 73.3 cm³/mol. The highest BCUT2D eigenvalue weighted by molar-refractivity contribution is 5.92. The van der Waals surface area contributed by atoms with Gasteiger partial charge < -0.3 is 10.1 Å². The first kappa shape index (κ1) is 13.1. The van der Waals surface area contributed by atoms with E-state index < -0.39 is 0 Å². The number of methoxy groups -OCH3 is 1. The number of ether oxygens (including phenoxy) is 1. The van der Waals surface area contributed by atoms with Crippen molar-refractivity contribution in [2.24, 2.45) is 0 Å². The van der Waals surface area contributed by atoms with E-state index in [9.17, 15) is 4.79 Å². The van der Waals surface area contributed by atoms with Crippen LogP contribution in [-0.4, -0.2) is 23.2 Å². The summed E-state index contributed by atoms with van der Waals surface area (Å²) in [6.07, 6.45) is 2.81. The van der Waals surface area contributed by atoms with E-state index in [-0.39, 0.29) is 12.3 Å². The summed E-state index contributed by atoms with van der Waals surface area (Å²) in [5.74, 6) is 1.30. The smallest absolute Gasteiger partial charge is 0.230 e. The second-order valence-electron chi connectivity index (χ2n) is 4.16. The Labute approximate surface area is 112 Å². The molecule has 1 amide bonds. The van der Waals surface area contributed by atoms with Crippen LogP contribution in [0, 0.1) is 0 Å². The molecular formula is C14H17N3O2. The van der Waals surface area contributed by atoms with Crippen molar-refractivity contribution in [3.63, 3.8) is 0 Å². The molecule has 2 rings (SSSR count). The van der Waals surface area contributed by atoms with Gasteiger partial charge in [-0.2, -0.15) is 5.10 Å². The number of rotatable bonds is 5. The third kappa shape index (κ3) is 3.13. The van der Waals surface area contributed by atoms with Gasteiger partial charge in [0.2, 0.25) is 5.91 Å². The number of hydrogen-bond donors (Lipinski definition) is 2. The van der Waals surface area contributed by atoms with Crippen LogP contribution in [0.2, 0.25) is 0 Å². The fourth-order valence-corrected chi connectivity index (χ4v) is 1.89. The predicted octanol–water partition coefficient (Wildman–Crippen LogP) is 2.16. The highest BCUT2D eigenvalue weighted by Crippen LogP contribution is 2.18. The van der Waals surface area contributed by atoms with Crippen molar-refractivity contribution >= 4 is 11.7 Å². The fourth-order valence-electron chi connectivity index (χ4n) is 1.89. The Balaban J connectivity index is 2.05. The topological polar surface area (TPSA) is 67.0 Å². The minimum Gasteiger partial charge on any atom is -0.496 e. The average molecular weight is 259 g/mol. The van der Waals surface area contributed by atoms with Crippen LogP contribution in [0.4, 0.5) is 5.82 Å². The van der Waals surface area contributed by atoms with Gasteiger partial charge in [0.05, 0.1) is 19.7 Å². The van der Waals surface area contributed by atoms with Crippen molar-refractivity contribution in [1.29, 1.82) is 0 Å². The second-order valence-corrected chi connectivity index (χ2v) is 4.16. The van der Waals surface area contributed by atoms with Crippen LogP contribution >= 0.6 is 0 Å². The Morgan fingerprint density at radius 2 is 2.16 bits per heavy atom. The summed E-state index contributed by atoms with van der Waals surface area (Å²) >= 11 is 0. The largest absolute Gasteiger partial charge is 0.496 e. The van der Waals surface area contributed by atoms with E-state index in [4.69, 9.17) is 4.74 Å². The SMILES string of the molecule is CCc1cn[nH]c1NC(=O)Cc1ccccc1OC. The molecule has 0 saturated heterocycles. The monoisotopic (exact) mass is 259 g/mol. The maximum absolute atomic E-state index is 12.0. The quantitative estimate of drug-likeness (QED) is 0.864. The number of aromatic amines is 1. The van der Waals surface area contributed by atoms with Crippen LogP contribution in [0.15, 0.2) is 30.5 Å². The zero-order chi connectivity index (χ0) is 13.7. The molecule has 19 heavy (non-hydrogen) atoms. The van der Waals surface area contributed by atoms with Crippen LogP contribution < -0.4 is 10.1 Å². The summed E-state index contributed by atoms with van der Waals surface area (Å²) in [7, 11) is 1.60. The molecule has 0 aliphatic rings. The maximum Gasteiger partial charge on any atom is 0.230 e. The number of carbonyl (C=O) groups is 1. The molecule has 0 aliphatic heterocycles. The van der Waals surface area contributed by atoms with E-state index in [2.05, 4.69) is 15.5 Å². The number of hydrogen-bond acceptors (Lipinski definition) is 3. The van der Waals surface area contributed by atoms with Gasteiger partial charge in [-0.25, -0.2) is 0 Å². The lowest BCUT2D eigenvalue weighted by Gasteiger charge is -2.08. The van der Waals surface area contributed by atoms with Crippen LogP contribution in [0.1, 0.15) is 18.1 Å². The molecular weight excluding hydrogens is 242 g/mol. The minimum absolute atomic E-state index is 0.0940. The Morgan fingerprint density at radius 1 is 1.37 bits per heavy atom. The van der Waals surface area contributed by atoms with Crippen LogP contribution in [0.3, 0.4) is 0 Å². The summed E-state index contributed by atoms with van der Waals surface area (Å²) < 4.78 is 5.23. The molecule has 0 fully saturated rings. The summed E-state index contributed by atoms with van der Waals surface area (Å²) in [6, 6.07) is 7.49. The Bertz CT molecular complexity index is 563. The third-order valence-electron chi connectivity index (χ3n) is 2.91. The summed E-state index contributed by atoms with van der Waals surface area (Å²) in [4.78, 5) is 12.0. The molecule has 0 aliphatic carbocycles. The molecule has 0 saturated carbocycles. The van der Waals surface area contributed by atoms with E-state index in [1.54, 1.807) is 13.3 Å². The molecule has 1 heterocycles. The number of amides is 1. The summed E-state index contributed by atoms with van der Waals surface area (Å²) in [6.45, 7) is 2.01. The van der Waals surface area contributed by atoms with Gasteiger partial charge in [-0.05, 0) is 12.5 Å². The molecule has 0 bridgehead atoms. The highest BCUT2D eigenvalue weighted by Gasteiger charge is 2.11. The van der Waals surface area contributed by atoms with Crippen molar-refractivity contribution in [2.45, 2.75) is 19.8 Å². The van der Waals surface area contributed by atoms with Crippen molar-refractivity contribution in [2.75, 3.05) is 12.4 Å².